The Hall–Kier alpha value is -2.64. The zero-order valence-electron chi connectivity index (χ0n) is 10.4. The van der Waals surface area contributed by atoms with Gasteiger partial charge in [-0.1, -0.05) is 5.16 Å². The molecule has 2 aromatic heterocycles. The highest BCUT2D eigenvalue weighted by Gasteiger charge is 2.16. The summed E-state index contributed by atoms with van der Waals surface area (Å²) in [4.78, 5) is 18.8. The van der Waals surface area contributed by atoms with Crippen LogP contribution in [0.25, 0.3) is 11.4 Å². The Morgan fingerprint density at radius 3 is 3.00 bits per heavy atom. The monoisotopic (exact) mass is 263 g/mol. The average Bonchev–Trinajstić information content (AvgIpc) is 2.88. The molecule has 0 aliphatic carbocycles. The smallest absolute Gasteiger partial charge is 0.405 e. The SMILES string of the molecule is CNc1cc(-c2noc([C@H](C)NC(=O)O)n2)ccn1. The summed E-state index contributed by atoms with van der Waals surface area (Å²) in [6.45, 7) is 1.62. The molecule has 100 valence electrons. The third-order valence-corrected chi connectivity index (χ3v) is 2.43. The molecule has 0 unspecified atom stereocenters. The van der Waals surface area contributed by atoms with Gasteiger partial charge in [-0.05, 0) is 19.1 Å². The standard InChI is InChI=1S/C11H13N5O3/c1-6(14-11(17)18)10-15-9(16-19-10)7-3-4-13-8(5-7)12-2/h3-6,14H,1-2H3,(H,12,13)(H,17,18)/t6-/m0/s1. The number of nitrogens with one attached hydrogen (secondary N) is 2. The maximum absolute atomic E-state index is 10.5. The fraction of sp³-hybridized carbons (Fsp3) is 0.273. The van der Waals surface area contributed by atoms with Crippen LogP contribution in [0.5, 0.6) is 0 Å². The van der Waals surface area contributed by atoms with E-state index >= 15 is 0 Å². The van der Waals surface area contributed by atoms with E-state index in [1.165, 1.54) is 0 Å². The lowest BCUT2D eigenvalue weighted by molar-refractivity contribution is 0.187. The molecular formula is C11H13N5O3. The number of pyridine rings is 1. The van der Waals surface area contributed by atoms with Crippen LogP contribution < -0.4 is 10.6 Å². The van der Waals surface area contributed by atoms with Crippen LogP contribution in [0.2, 0.25) is 0 Å². The first kappa shape index (κ1) is 12.8. The van der Waals surface area contributed by atoms with Crippen molar-refractivity contribution in [2.24, 2.45) is 0 Å². The number of amides is 1. The molecule has 2 rings (SSSR count). The quantitative estimate of drug-likeness (QED) is 0.765. The van der Waals surface area contributed by atoms with Crippen molar-refractivity contribution in [1.29, 1.82) is 0 Å². The molecule has 0 saturated heterocycles. The van der Waals surface area contributed by atoms with Crippen LogP contribution in [-0.4, -0.2) is 33.4 Å². The molecule has 8 nitrogen and oxygen atoms in total. The van der Waals surface area contributed by atoms with E-state index in [9.17, 15) is 4.79 Å². The largest absolute Gasteiger partial charge is 0.465 e. The second-order valence-electron chi connectivity index (χ2n) is 3.81. The van der Waals surface area contributed by atoms with E-state index in [1.54, 1.807) is 32.3 Å². The number of carboxylic acid groups (broad SMARTS) is 1. The Bertz CT molecular complexity index is 583. The maximum atomic E-state index is 10.5. The summed E-state index contributed by atoms with van der Waals surface area (Å²) in [5, 5.41) is 17.6. The second kappa shape index (κ2) is 5.34. The van der Waals surface area contributed by atoms with E-state index in [4.69, 9.17) is 9.63 Å². The fourth-order valence-electron chi connectivity index (χ4n) is 1.48. The number of nitrogens with zero attached hydrogens (tertiary/aromatic N) is 3. The molecule has 2 heterocycles. The molecule has 19 heavy (non-hydrogen) atoms. The minimum atomic E-state index is -1.14. The van der Waals surface area contributed by atoms with Gasteiger partial charge in [0.1, 0.15) is 11.9 Å². The van der Waals surface area contributed by atoms with Crippen LogP contribution in [0.3, 0.4) is 0 Å². The third kappa shape index (κ3) is 2.97. The first-order valence-electron chi connectivity index (χ1n) is 5.57. The highest BCUT2D eigenvalue weighted by Crippen LogP contribution is 2.20. The summed E-state index contributed by atoms with van der Waals surface area (Å²) in [6, 6.07) is 2.94. The first-order chi connectivity index (χ1) is 9.10. The van der Waals surface area contributed by atoms with Gasteiger partial charge < -0.3 is 20.3 Å². The van der Waals surface area contributed by atoms with E-state index in [2.05, 4.69) is 25.8 Å². The van der Waals surface area contributed by atoms with E-state index in [1.807, 2.05) is 0 Å². The molecule has 0 aliphatic heterocycles. The summed E-state index contributed by atoms with van der Waals surface area (Å²) in [7, 11) is 1.76. The number of carbonyl (C=O) groups is 1. The Balaban J connectivity index is 2.22. The highest BCUT2D eigenvalue weighted by atomic mass is 16.5. The number of hydrogen-bond donors (Lipinski definition) is 3. The first-order valence-corrected chi connectivity index (χ1v) is 5.57. The van der Waals surface area contributed by atoms with Crippen LogP contribution in [0, 0.1) is 0 Å². The Labute approximate surface area is 108 Å². The molecule has 8 heteroatoms. The molecular weight excluding hydrogens is 250 g/mol. The lowest BCUT2D eigenvalue weighted by Gasteiger charge is -2.04. The van der Waals surface area contributed by atoms with Gasteiger partial charge in [-0.25, -0.2) is 9.78 Å². The van der Waals surface area contributed by atoms with Gasteiger partial charge in [0.05, 0.1) is 0 Å². The highest BCUT2D eigenvalue weighted by molar-refractivity contribution is 5.65. The van der Waals surface area contributed by atoms with Crippen molar-refractivity contribution < 1.29 is 14.4 Å². The van der Waals surface area contributed by atoms with Crippen molar-refractivity contribution in [2.45, 2.75) is 13.0 Å². The van der Waals surface area contributed by atoms with E-state index < -0.39 is 12.1 Å². The number of rotatable bonds is 4. The summed E-state index contributed by atoms with van der Waals surface area (Å²) >= 11 is 0. The van der Waals surface area contributed by atoms with Crippen molar-refractivity contribution in [3.05, 3.63) is 24.2 Å². The number of hydrogen-bond acceptors (Lipinski definition) is 6. The van der Waals surface area contributed by atoms with Crippen LogP contribution in [0.1, 0.15) is 18.9 Å². The molecule has 0 radical (unpaired) electrons. The predicted octanol–water partition coefficient (Wildman–Crippen LogP) is 1.50. The summed E-state index contributed by atoms with van der Waals surface area (Å²) < 4.78 is 5.03. The normalized spacial score (nSPS) is 11.9. The topological polar surface area (TPSA) is 113 Å². The number of anilines is 1. The minimum Gasteiger partial charge on any atom is -0.465 e. The van der Waals surface area contributed by atoms with Gasteiger partial charge in [-0.3, -0.25) is 0 Å². The van der Waals surface area contributed by atoms with Crippen LogP contribution in [-0.2, 0) is 0 Å². The van der Waals surface area contributed by atoms with Gasteiger partial charge in [-0.15, -0.1) is 0 Å². The van der Waals surface area contributed by atoms with Crippen molar-refractivity contribution in [3.8, 4) is 11.4 Å². The van der Waals surface area contributed by atoms with Crippen molar-refractivity contribution in [2.75, 3.05) is 12.4 Å². The molecule has 0 aromatic carbocycles. The lowest BCUT2D eigenvalue weighted by atomic mass is 10.2. The van der Waals surface area contributed by atoms with Crippen molar-refractivity contribution in [1.82, 2.24) is 20.4 Å². The van der Waals surface area contributed by atoms with Crippen LogP contribution in [0.4, 0.5) is 10.6 Å². The summed E-state index contributed by atoms with van der Waals surface area (Å²) in [5.41, 5.74) is 0.733. The zero-order chi connectivity index (χ0) is 13.8. The maximum Gasteiger partial charge on any atom is 0.405 e. The summed E-state index contributed by atoms with van der Waals surface area (Å²) in [6.07, 6.45) is 0.476. The third-order valence-electron chi connectivity index (χ3n) is 2.43. The Morgan fingerprint density at radius 2 is 2.32 bits per heavy atom. The molecule has 0 fully saturated rings. The second-order valence-corrected chi connectivity index (χ2v) is 3.81. The molecule has 0 spiro atoms. The summed E-state index contributed by atoms with van der Waals surface area (Å²) in [5.74, 6) is 1.27. The van der Waals surface area contributed by atoms with Crippen LogP contribution in [0.15, 0.2) is 22.9 Å². The predicted molar refractivity (Wildman–Crippen MR) is 66.7 cm³/mol. The van der Waals surface area contributed by atoms with Crippen molar-refractivity contribution in [3.63, 3.8) is 0 Å². The average molecular weight is 263 g/mol. The van der Waals surface area contributed by atoms with Gasteiger partial charge >= 0.3 is 6.09 Å². The Morgan fingerprint density at radius 1 is 1.53 bits per heavy atom. The molecule has 3 N–H and O–H groups in total. The zero-order valence-corrected chi connectivity index (χ0v) is 10.4. The number of aromatic nitrogens is 3. The molecule has 1 amide bonds. The molecule has 1 atom stereocenters. The van der Waals surface area contributed by atoms with E-state index in [0.29, 0.717) is 11.6 Å². The van der Waals surface area contributed by atoms with Crippen molar-refractivity contribution >= 4 is 11.9 Å². The molecule has 0 saturated carbocycles. The van der Waals surface area contributed by atoms with Crippen LogP contribution >= 0.6 is 0 Å². The molecule has 0 bridgehead atoms. The van der Waals surface area contributed by atoms with Gasteiger partial charge in [0.2, 0.25) is 11.7 Å². The van der Waals surface area contributed by atoms with Gasteiger partial charge in [0.25, 0.3) is 0 Å². The van der Waals surface area contributed by atoms with Gasteiger partial charge in [0.15, 0.2) is 0 Å². The van der Waals surface area contributed by atoms with E-state index in [0.717, 1.165) is 5.56 Å². The van der Waals surface area contributed by atoms with E-state index in [-0.39, 0.29) is 5.89 Å². The molecule has 0 aliphatic rings. The lowest BCUT2D eigenvalue weighted by Crippen LogP contribution is -2.24. The molecule has 2 aromatic rings. The van der Waals surface area contributed by atoms with Gasteiger partial charge in [0, 0.05) is 18.8 Å². The Kier molecular flexibility index (Phi) is 3.60. The van der Waals surface area contributed by atoms with Gasteiger partial charge in [-0.2, -0.15) is 4.98 Å². The minimum absolute atomic E-state index is 0.209. The fourth-order valence-corrected chi connectivity index (χ4v) is 1.48.